The lowest BCUT2D eigenvalue weighted by molar-refractivity contribution is 0.556. The molecular formula is C90H132S6. The van der Waals surface area contributed by atoms with E-state index in [1.54, 1.807) is 27.1 Å². The molecule has 0 saturated carbocycles. The molecule has 6 aromatic heterocycles. The van der Waals surface area contributed by atoms with Crippen LogP contribution in [0.15, 0.2) is 97.1 Å². The molecule has 0 bridgehead atoms. The van der Waals surface area contributed by atoms with E-state index in [0.717, 1.165) is 12.8 Å². The highest BCUT2D eigenvalue weighted by Gasteiger charge is 2.25. The van der Waals surface area contributed by atoms with Crippen molar-refractivity contribution in [2.75, 3.05) is 0 Å². The van der Waals surface area contributed by atoms with Crippen molar-refractivity contribution in [2.24, 2.45) is 0 Å². The highest BCUT2D eigenvalue weighted by molar-refractivity contribution is 7.31. The molecule has 96 heavy (non-hydrogen) atoms. The molecule has 528 valence electrons. The van der Waals surface area contributed by atoms with Gasteiger partial charge in [0.05, 0.1) is 0 Å². The van der Waals surface area contributed by atoms with Crippen LogP contribution < -0.4 is 0 Å². The Bertz CT molecular complexity index is 3300. The topological polar surface area (TPSA) is 0 Å². The van der Waals surface area contributed by atoms with Gasteiger partial charge in [-0.15, -0.1) is 68.0 Å². The summed E-state index contributed by atoms with van der Waals surface area (Å²) in [6.07, 6.45) is 59.9. The number of hydrogen-bond donors (Lipinski definition) is 0. The van der Waals surface area contributed by atoms with Crippen LogP contribution in [0.3, 0.4) is 0 Å². The van der Waals surface area contributed by atoms with E-state index < -0.39 is 0 Å². The van der Waals surface area contributed by atoms with Gasteiger partial charge in [0.2, 0.25) is 0 Å². The summed E-state index contributed by atoms with van der Waals surface area (Å²) in [5.41, 5.74) is 11.7. The molecule has 0 radical (unpaired) electrons. The highest BCUT2D eigenvalue weighted by Crippen LogP contribution is 2.51. The molecule has 0 N–H and O–H groups in total. The summed E-state index contributed by atoms with van der Waals surface area (Å²) in [7, 11) is 0. The van der Waals surface area contributed by atoms with Crippen LogP contribution in [0.5, 0.6) is 0 Å². The van der Waals surface area contributed by atoms with Crippen molar-refractivity contribution < 1.29 is 0 Å². The van der Waals surface area contributed by atoms with Crippen LogP contribution >= 0.6 is 68.0 Å². The average molecular weight is 1410 g/mol. The fraction of sp³-hybridized carbons (Fsp3) is 0.600. The monoisotopic (exact) mass is 1400 g/mol. The van der Waals surface area contributed by atoms with Gasteiger partial charge in [0.15, 0.2) is 0 Å². The maximum absolute atomic E-state index is 2.67. The normalized spacial score (nSPS) is 11.8. The zero-order chi connectivity index (χ0) is 66.7. The van der Waals surface area contributed by atoms with Crippen molar-refractivity contribution in [2.45, 2.75) is 351 Å². The molecule has 0 atom stereocenters. The third kappa shape index (κ3) is 26.2. The van der Waals surface area contributed by atoms with Crippen molar-refractivity contribution >= 4 is 68.0 Å². The minimum absolute atomic E-state index is 0. The smallest absolute Gasteiger partial charge is 0.0481 e. The van der Waals surface area contributed by atoms with Gasteiger partial charge in [-0.3, -0.25) is 0 Å². The molecular weight excluding hydrogens is 1270 g/mol. The van der Waals surface area contributed by atoms with E-state index in [2.05, 4.69) is 220 Å². The van der Waals surface area contributed by atoms with Crippen LogP contribution in [-0.4, -0.2) is 0 Å². The molecule has 8 aromatic rings. The fourth-order valence-corrected chi connectivity index (χ4v) is 21.7. The number of rotatable bonds is 52. The van der Waals surface area contributed by atoms with Crippen molar-refractivity contribution in [3.63, 3.8) is 0 Å². The minimum Gasteiger partial charge on any atom is -0.139 e. The van der Waals surface area contributed by atoms with Crippen molar-refractivity contribution in [3.05, 3.63) is 141 Å². The number of aryl methyl sites for hydroxylation is 6. The van der Waals surface area contributed by atoms with Crippen LogP contribution in [-0.2, 0) is 31.1 Å². The van der Waals surface area contributed by atoms with Gasteiger partial charge in [0.25, 0.3) is 0 Å². The van der Waals surface area contributed by atoms with Crippen LogP contribution in [0.25, 0.3) is 59.2 Å². The first-order valence-electron chi connectivity index (χ1n) is 39.5. The molecule has 6 heterocycles. The van der Waals surface area contributed by atoms with Gasteiger partial charge in [-0.05, 0) is 153 Å². The fourth-order valence-electron chi connectivity index (χ4n) is 14.4. The molecule has 0 spiro atoms. The lowest BCUT2D eigenvalue weighted by atomic mass is 9.78. The predicted octanol–water partition coefficient (Wildman–Crippen LogP) is 33.5. The van der Waals surface area contributed by atoms with Gasteiger partial charge in [0, 0.05) is 63.9 Å². The minimum atomic E-state index is -0.0670. The van der Waals surface area contributed by atoms with E-state index in [1.165, 1.54) is 346 Å². The van der Waals surface area contributed by atoms with Crippen molar-refractivity contribution in [1.82, 2.24) is 0 Å². The van der Waals surface area contributed by atoms with Gasteiger partial charge in [-0.2, -0.15) is 0 Å². The molecule has 0 unspecified atom stereocenters. The van der Waals surface area contributed by atoms with Crippen LogP contribution in [0.2, 0.25) is 0 Å². The van der Waals surface area contributed by atoms with E-state index in [4.69, 9.17) is 0 Å². The molecule has 2 aromatic carbocycles. The summed E-state index contributed by atoms with van der Waals surface area (Å²) in [6, 6.07) is 39.2. The lowest BCUT2D eigenvalue weighted by Gasteiger charge is -2.26. The Kier molecular flexibility index (Phi) is 37.9. The molecule has 0 saturated heterocycles. The first kappa shape index (κ1) is 80.0. The second-order valence-corrected chi connectivity index (χ2v) is 35.8. The third-order valence-corrected chi connectivity index (χ3v) is 28.3. The highest BCUT2D eigenvalue weighted by atomic mass is 32.1. The Morgan fingerprint density at radius 2 is 0.510 bits per heavy atom. The van der Waals surface area contributed by atoms with Crippen LogP contribution in [0.4, 0.5) is 0 Å². The van der Waals surface area contributed by atoms with Gasteiger partial charge >= 0.3 is 0 Å². The SMILES string of the molecule is C.CCCCCCCCCCCCc1cc(C)sc1-c1cc(CCCCCCCCCCCC)c(-c2ccc(-c3ccc(-c4sc(-c5sc(-c6ccc(C(C)(C)c7ccc(C)cc7)cc6)cc5CCCCCCCCCCCC)cc4CCCCCCCCCCCC)s3)s2)s1. The molecule has 8 rings (SSSR count). The summed E-state index contributed by atoms with van der Waals surface area (Å²) in [5.74, 6) is 0. The Morgan fingerprint density at radius 3 is 0.854 bits per heavy atom. The largest absolute Gasteiger partial charge is 0.139 e. The maximum Gasteiger partial charge on any atom is 0.0481 e. The Hall–Kier alpha value is -3.36. The zero-order valence-electron chi connectivity index (χ0n) is 61.3. The second-order valence-electron chi connectivity index (χ2n) is 29.2. The van der Waals surface area contributed by atoms with Gasteiger partial charge in [-0.25, -0.2) is 0 Å². The summed E-state index contributed by atoms with van der Waals surface area (Å²) in [4.78, 5) is 17.8. The molecule has 0 aliphatic heterocycles. The van der Waals surface area contributed by atoms with E-state index in [-0.39, 0.29) is 12.8 Å². The van der Waals surface area contributed by atoms with E-state index in [0.29, 0.717) is 0 Å². The molecule has 0 aliphatic rings. The van der Waals surface area contributed by atoms with Gasteiger partial charge in [0.1, 0.15) is 0 Å². The molecule has 0 amide bonds. The number of benzene rings is 2. The maximum atomic E-state index is 2.67. The number of thiophene rings is 6. The van der Waals surface area contributed by atoms with Gasteiger partial charge in [-0.1, -0.05) is 334 Å². The number of unbranched alkanes of at least 4 members (excludes halogenated alkanes) is 36. The Balaban J connectivity index is 0.0000130. The third-order valence-electron chi connectivity index (χ3n) is 20.6. The van der Waals surface area contributed by atoms with Crippen LogP contribution in [0.1, 0.15) is 350 Å². The van der Waals surface area contributed by atoms with Crippen LogP contribution in [0, 0.1) is 13.8 Å². The first-order valence-corrected chi connectivity index (χ1v) is 44.4. The molecule has 0 aliphatic carbocycles. The van der Waals surface area contributed by atoms with Gasteiger partial charge < -0.3 is 0 Å². The van der Waals surface area contributed by atoms with E-state index in [9.17, 15) is 0 Å². The van der Waals surface area contributed by atoms with Crippen molar-refractivity contribution in [3.8, 4) is 59.2 Å². The lowest BCUT2D eigenvalue weighted by Crippen LogP contribution is -2.18. The standard InChI is InChI=1S/C89H128S6.CH4/c1-9-13-17-21-25-29-33-37-41-45-49-72-65-70(6)90-87(72)83-67-74(51-47-43-39-35-31-27-23-19-15-11-3)85(94-83)80-63-61-78(91-80)79-62-64-81(92-79)86-75(52-48-44-40-36-32-28-24-20-16-12-4)68-84(95-86)88-73(50-46-42-38-34-30-26-22-18-14-10-2)66-82(93-88)71-55-59-77(60-56-71)89(7,8)76-57-53-69(5)54-58-76;/h53-68H,9-52H2,1-8H3;1H4. The second kappa shape index (κ2) is 45.5. The average Bonchev–Trinajstić information content (AvgIpc) is 1.59. The molecule has 0 nitrogen and oxygen atoms in total. The summed E-state index contributed by atoms with van der Waals surface area (Å²) < 4.78 is 0. The quantitative estimate of drug-likeness (QED) is 0.0333. The summed E-state index contributed by atoms with van der Waals surface area (Å²) in [6.45, 7) is 18.6. The van der Waals surface area contributed by atoms with Crippen molar-refractivity contribution in [1.29, 1.82) is 0 Å². The Morgan fingerprint density at radius 1 is 0.250 bits per heavy atom. The molecule has 6 heteroatoms. The van der Waals surface area contributed by atoms with E-state index in [1.807, 2.05) is 0 Å². The first-order chi connectivity index (χ1) is 46.6. The summed E-state index contributed by atoms with van der Waals surface area (Å²) in [5, 5.41) is 0. The summed E-state index contributed by atoms with van der Waals surface area (Å²) >= 11 is 12.4. The zero-order valence-corrected chi connectivity index (χ0v) is 66.2. The molecule has 0 fully saturated rings. The van der Waals surface area contributed by atoms with E-state index >= 15 is 0 Å². The Labute approximate surface area is 613 Å². The predicted molar refractivity (Wildman–Crippen MR) is 443 cm³/mol. The number of hydrogen-bond acceptors (Lipinski definition) is 6.